The zero-order chi connectivity index (χ0) is 13.7. The van der Waals surface area contributed by atoms with E-state index < -0.39 is 5.82 Å². The number of carbonyl (C=O) groups is 1. The van der Waals surface area contributed by atoms with Crippen molar-refractivity contribution in [2.24, 2.45) is 0 Å². The first-order valence-electron chi connectivity index (χ1n) is 5.75. The van der Waals surface area contributed by atoms with Crippen LogP contribution in [0.3, 0.4) is 0 Å². The Kier molecular flexibility index (Phi) is 4.13. The van der Waals surface area contributed by atoms with Gasteiger partial charge in [0.05, 0.1) is 12.7 Å². The van der Waals surface area contributed by atoms with Gasteiger partial charge in [0.2, 0.25) is 5.78 Å². The summed E-state index contributed by atoms with van der Waals surface area (Å²) < 4.78 is 23.5. The first-order valence-corrected chi connectivity index (χ1v) is 5.75. The van der Waals surface area contributed by atoms with Crippen LogP contribution < -0.4 is 9.47 Å². The molecule has 0 unspecified atom stereocenters. The van der Waals surface area contributed by atoms with Gasteiger partial charge in [-0.05, 0) is 30.3 Å². The van der Waals surface area contributed by atoms with Crippen LogP contribution in [-0.2, 0) is 0 Å². The summed E-state index contributed by atoms with van der Waals surface area (Å²) in [7, 11) is 1.43. The van der Waals surface area contributed by atoms with Gasteiger partial charge >= 0.3 is 0 Å². The maximum Gasteiger partial charge on any atom is 0.204 e. The van der Waals surface area contributed by atoms with E-state index >= 15 is 0 Å². The molecule has 0 amide bonds. The molecule has 2 aromatic rings. The highest BCUT2D eigenvalue weighted by Crippen LogP contribution is 2.20. The highest BCUT2D eigenvalue weighted by Gasteiger charge is 2.14. The number of rotatable bonds is 5. The molecular formula is C15H13FO3. The molecule has 0 saturated heterocycles. The second-order valence-corrected chi connectivity index (χ2v) is 3.87. The van der Waals surface area contributed by atoms with Crippen LogP contribution in [0.2, 0.25) is 0 Å². The molecular weight excluding hydrogens is 247 g/mol. The first kappa shape index (κ1) is 13.1. The van der Waals surface area contributed by atoms with E-state index in [1.165, 1.54) is 19.2 Å². The minimum absolute atomic E-state index is 0.163. The number of carbonyl (C=O) groups excluding carboxylic acids is 1. The number of ether oxygens (including phenoxy) is 2. The second-order valence-electron chi connectivity index (χ2n) is 3.87. The van der Waals surface area contributed by atoms with E-state index in [1.807, 2.05) is 18.2 Å². The highest BCUT2D eigenvalue weighted by atomic mass is 19.1. The monoisotopic (exact) mass is 260 g/mol. The van der Waals surface area contributed by atoms with Crippen molar-refractivity contribution >= 4 is 5.78 Å². The van der Waals surface area contributed by atoms with Gasteiger partial charge in [-0.2, -0.15) is 0 Å². The summed E-state index contributed by atoms with van der Waals surface area (Å²) in [5.41, 5.74) is 0.179. The number of benzene rings is 2. The predicted octanol–water partition coefficient (Wildman–Crippen LogP) is 3.10. The zero-order valence-electron chi connectivity index (χ0n) is 10.4. The normalized spacial score (nSPS) is 10.0. The standard InChI is InChI=1S/C15H13FO3/c1-18-15-8-7-11(16)9-13(15)14(17)10-19-12-5-3-2-4-6-12/h2-9H,10H2,1H3. The smallest absolute Gasteiger partial charge is 0.204 e. The minimum Gasteiger partial charge on any atom is -0.496 e. The van der Waals surface area contributed by atoms with Crippen molar-refractivity contribution < 1.29 is 18.7 Å². The second kappa shape index (κ2) is 6.00. The van der Waals surface area contributed by atoms with Crippen LogP contribution in [0.5, 0.6) is 11.5 Å². The lowest BCUT2D eigenvalue weighted by molar-refractivity contribution is 0.0918. The number of hydrogen-bond acceptors (Lipinski definition) is 3. The molecule has 0 spiro atoms. The third kappa shape index (κ3) is 3.31. The molecule has 0 heterocycles. The Balaban J connectivity index is 2.10. The van der Waals surface area contributed by atoms with Crippen LogP contribution in [0.25, 0.3) is 0 Å². The Morgan fingerprint density at radius 3 is 2.58 bits per heavy atom. The molecule has 0 atom stereocenters. The van der Waals surface area contributed by atoms with Gasteiger partial charge in [-0.1, -0.05) is 18.2 Å². The molecule has 0 bridgehead atoms. The molecule has 98 valence electrons. The van der Waals surface area contributed by atoms with Gasteiger partial charge in [-0.15, -0.1) is 0 Å². The van der Waals surface area contributed by atoms with Crippen molar-refractivity contribution in [3.63, 3.8) is 0 Å². The van der Waals surface area contributed by atoms with E-state index in [2.05, 4.69) is 0 Å². The number of para-hydroxylation sites is 1. The van der Waals surface area contributed by atoms with Crippen LogP contribution in [0, 0.1) is 5.82 Å². The van der Waals surface area contributed by atoms with Gasteiger partial charge in [0.15, 0.2) is 6.61 Å². The maximum atomic E-state index is 13.2. The number of hydrogen-bond donors (Lipinski definition) is 0. The van der Waals surface area contributed by atoms with Crippen LogP contribution in [0.1, 0.15) is 10.4 Å². The molecule has 0 aliphatic heterocycles. The average molecular weight is 260 g/mol. The van der Waals surface area contributed by atoms with Crippen molar-refractivity contribution in [3.8, 4) is 11.5 Å². The fourth-order valence-electron chi connectivity index (χ4n) is 1.64. The molecule has 0 aliphatic carbocycles. The predicted molar refractivity (Wildman–Crippen MR) is 69.2 cm³/mol. The van der Waals surface area contributed by atoms with Crippen molar-refractivity contribution in [1.82, 2.24) is 0 Å². The largest absolute Gasteiger partial charge is 0.496 e. The van der Waals surface area contributed by atoms with Gasteiger partial charge in [0, 0.05) is 0 Å². The number of methoxy groups -OCH3 is 1. The molecule has 0 radical (unpaired) electrons. The van der Waals surface area contributed by atoms with Crippen molar-refractivity contribution in [2.45, 2.75) is 0 Å². The van der Waals surface area contributed by atoms with E-state index in [0.717, 1.165) is 6.07 Å². The third-order valence-corrected chi connectivity index (χ3v) is 2.58. The fourth-order valence-corrected chi connectivity index (χ4v) is 1.64. The average Bonchev–Trinajstić information content (AvgIpc) is 2.46. The summed E-state index contributed by atoms with van der Waals surface area (Å²) in [6, 6.07) is 12.8. The molecule has 0 fully saturated rings. The minimum atomic E-state index is -0.483. The van der Waals surface area contributed by atoms with Gasteiger partial charge in [0.1, 0.15) is 17.3 Å². The summed E-state index contributed by atoms with van der Waals surface area (Å²) in [6.45, 7) is -0.163. The van der Waals surface area contributed by atoms with Crippen LogP contribution in [0.4, 0.5) is 4.39 Å². The van der Waals surface area contributed by atoms with Gasteiger partial charge in [0.25, 0.3) is 0 Å². The number of Topliss-reactive ketones (excluding diaryl/α,β-unsaturated/α-hetero) is 1. The van der Waals surface area contributed by atoms with Gasteiger partial charge in [-0.3, -0.25) is 4.79 Å². The molecule has 19 heavy (non-hydrogen) atoms. The fraction of sp³-hybridized carbons (Fsp3) is 0.133. The summed E-state index contributed by atoms with van der Waals surface area (Å²) in [4.78, 5) is 12.0. The van der Waals surface area contributed by atoms with E-state index in [1.54, 1.807) is 12.1 Å². The lowest BCUT2D eigenvalue weighted by atomic mass is 10.1. The Labute approximate surface area is 110 Å². The Morgan fingerprint density at radius 1 is 1.16 bits per heavy atom. The van der Waals surface area contributed by atoms with E-state index in [-0.39, 0.29) is 18.0 Å². The Morgan fingerprint density at radius 2 is 1.89 bits per heavy atom. The first-order chi connectivity index (χ1) is 9.20. The Bertz CT molecular complexity index is 567. The Hall–Kier alpha value is -2.36. The molecule has 2 rings (SSSR count). The zero-order valence-corrected chi connectivity index (χ0v) is 10.4. The molecule has 2 aromatic carbocycles. The summed E-state index contributed by atoms with van der Waals surface area (Å²) in [5, 5.41) is 0. The quantitative estimate of drug-likeness (QED) is 0.775. The van der Waals surface area contributed by atoms with Crippen molar-refractivity contribution in [1.29, 1.82) is 0 Å². The molecule has 0 aromatic heterocycles. The molecule has 0 N–H and O–H groups in total. The SMILES string of the molecule is COc1ccc(F)cc1C(=O)COc1ccccc1. The van der Waals surface area contributed by atoms with Crippen LogP contribution >= 0.6 is 0 Å². The van der Waals surface area contributed by atoms with Gasteiger partial charge in [-0.25, -0.2) is 4.39 Å². The summed E-state index contributed by atoms with van der Waals surface area (Å²) >= 11 is 0. The van der Waals surface area contributed by atoms with Crippen molar-refractivity contribution in [2.75, 3.05) is 13.7 Å². The highest BCUT2D eigenvalue weighted by molar-refractivity contribution is 5.99. The van der Waals surface area contributed by atoms with Crippen molar-refractivity contribution in [3.05, 3.63) is 59.9 Å². The third-order valence-electron chi connectivity index (χ3n) is 2.58. The van der Waals surface area contributed by atoms with Crippen LogP contribution in [0.15, 0.2) is 48.5 Å². The van der Waals surface area contributed by atoms with Crippen LogP contribution in [-0.4, -0.2) is 19.5 Å². The number of halogens is 1. The maximum absolute atomic E-state index is 13.2. The molecule has 4 heteroatoms. The molecule has 3 nitrogen and oxygen atoms in total. The number of ketones is 1. The van der Waals surface area contributed by atoms with Gasteiger partial charge < -0.3 is 9.47 Å². The summed E-state index contributed by atoms with van der Waals surface area (Å²) in [5.74, 6) is 0.110. The molecule has 0 aliphatic rings. The van der Waals surface area contributed by atoms with E-state index in [0.29, 0.717) is 11.5 Å². The lowest BCUT2D eigenvalue weighted by Gasteiger charge is -2.09. The molecule has 0 saturated carbocycles. The van der Waals surface area contributed by atoms with E-state index in [4.69, 9.17) is 9.47 Å². The van der Waals surface area contributed by atoms with E-state index in [9.17, 15) is 9.18 Å². The lowest BCUT2D eigenvalue weighted by Crippen LogP contribution is -2.13. The topological polar surface area (TPSA) is 35.5 Å². The summed E-state index contributed by atoms with van der Waals surface area (Å²) in [6.07, 6.45) is 0.